The van der Waals surface area contributed by atoms with Crippen molar-refractivity contribution in [1.82, 2.24) is 5.32 Å². The third kappa shape index (κ3) is 1.03. The summed E-state index contributed by atoms with van der Waals surface area (Å²) in [4.78, 5) is 20.7. The van der Waals surface area contributed by atoms with E-state index < -0.39 is 29.8 Å². The number of carbonyl (C=O) groups excluding carboxylic acids is 1. The first-order chi connectivity index (χ1) is 5.32. The molecule has 0 saturated heterocycles. The minimum Gasteiger partial charge on any atom is -0.479 e. The van der Waals surface area contributed by atoms with Gasteiger partial charge in [-0.2, -0.15) is 0 Å². The fourth-order valence-corrected chi connectivity index (χ4v) is 1.01. The lowest BCUT2D eigenvalue weighted by Gasteiger charge is -2.10. The quantitative estimate of drug-likeness (QED) is 0.626. The molecule has 0 radical (unpaired) electrons. The number of amides is 1. The maximum atomic E-state index is 12.5. The molecule has 0 heterocycles. The van der Waals surface area contributed by atoms with Gasteiger partial charge < -0.3 is 10.4 Å². The topological polar surface area (TPSA) is 66.4 Å². The zero-order valence-corrected chi connectivity index (χ0v) is 6.23. The lowest BCUT2D eigenvalue weighted by atomic mass is 10.2. The van der Waals surface area contributed by atoms with Crippen LogP contribution in [0.4, 0.5) is 8.78 Å². The molecule has 1 atom stereocenters. The van der Waals surface area contributed by atoms with Crippen molar-refractivity contribution in [2.75, 3.05) is 0 Å². The number of carboxylic acids is 1. The number of alkyl halides is 2. The summed E-state index contributed by atoms with van der Waals surface area (Å²) in [6.07, 6.45) is -0.824. The van der Waals surface area contributed by atoms with Crippen molar-refractivity contribution < 1.29 is 23.5 Å². The van der Waals surface area contributed by atoms with Crippen molar-refractivity contribution in [3.05, 3.63) is 0 Å². The van der Waals surface area contributed by atoms with Crippen LogP contribution in [0.15, 0.2) is 0 Å². The number of hydrogen-bond acceptors (Lipinski definition) is 2. The van der Waals surface area contributed by atoms with Crippen LogP contribution in [0.2, 0.25) is 0 Å². The molecule has 0 aliphatic heterocycles. The third-order valence-electron chi connectivity index (χ3n) is 1.74. The Morgan fingerprint density at radius 2 is 1.92 bits per heavy atom. The fraction of sp³-hybridized carbons (Fsp3) is 0.667. The average molecular weight is 179 g/mol. The molecule has 1 amide bonds. The number of hydrogen-bond donors (Lipinski definition) is 2. The van der Waals surface area contributed by atoms with E-state index in [1.807, 2.05) is 0 Å². The molecular weight excluding hydrogens is 172 g/mol. The van der Waals surface area contributed by atoms with E-state index in [9.17, 15) is 18.4 Å². The highest BCUT2D eigenvalue weighted by Gasteiger charge is 2.77. The van der Waals surface area contributed by atoms with Crippen LogP contribution in [0.3, 0.4) is 0 Å². The van der Waals surface area contributed by atoms with E-state index in [2.05, 4.69) is 0 Å². The van der Waals surface area contributed by atoms with E-state index in [1.165, 1.54) is 0 Å². The molecule has 1 aliphatic carbocycles. The maximum absolute atomic E-state index is 12.5. The van der Waals surface area contributed by atoms with Crippen LogP contribution in [0.5, 0.6) is 0 Å². The monoisotopic (exact) mass is 179 g/mol. The van der Waals surface area contributed by atoms with E-state index in [0.29, 0.717) is 0 Å². The third-order valence-corrected chi connectivity index (χ3v) is 1.74. The lowest BCUT2D eigenvalue weighted by molar-refractivity contribution is -0.146. The van der Waals surface area contributed by atoms with Gasteiger partial charge in [0.1, 0.15) is 0 Å². The highest BCUT2D eigenvalue weighted by Crippen LogP contribution is 2.52. The number of carbonyl (C=O) groups is 2. The van der Waals surface area contributed by atoms with Gasteiger partial charge in [-0.3, -0.25) is 4.79 Å². The number of rotatable bonds is 2. The molecule has 1 rings (SSSR count). The predicted molar refractivity (Wildman–Crippen MR) is 33.7 cm³/mol. The first kappa shape index (κ1) is 8.89. The Hall–Kier alpha value is -1.20. The van der Waals surface area contributed by atoms with Gasteiger partial charge in [0, 0.05) is 6.92 Å². The van der Waals surface area contributed by atoms with Crippen LogP contribution >= 0.6 is 0 Å². The van der Waals surface area contributed by atoms with E-state index in [-0.39, 0.29) is 0 Å². The minimum absolute atomic E-state index is 0.769. The van der Waals surface area contributed by atoms with E-state index in [4.69, 9.17) is 5.11 Å². The van der Waals surface area contributed by atoms with Crippen LogP contribution in [0.25, 0.3) is 0 Å². The van der Waals surface area contributed by atoms with Crippen molar-refractivity contribution in [2.24, 2.45) is 0 Å². The zero-order chi connectivity index (χ0) is 9.57. The van der Waals surface area contributed by atoms with Crippen LogP contribution < -0.4 is 5.32 Å². The summed E-state index contributed by atoms with van der Waals surface area (Å²) < 4.78 is 24.9. The van der Waals surface area contributed by atoms with Crippen LogP contribution in [0.1, 0.15) is 13.3 Å². The summed E-state index contributed by atoms with van der Waals surface area (Å²) in [5, 5.41) is 10.1. The van der Waals surface area contributed by atoms with Gasteiger partial charge in [0.25, 0.3) is 5.92 Å². The van der Waals surface area contributed by atoms with Crippen molar-refractivity contribution in [3.63, 3.8) is 0 Å². The number of halogens is 2. The summed E-state index contributed by atoms with van der Waals surface area (Å²) in [5.41, 5.74) is -2.35. The largest absolute Gasteiger partial charge is 0.479 e. The van der Waals surface area contributed by atoms with Gasteiger partial charge in [-0.1, -0.05) is 0 Å². The molecule has 1 aliphatic rings. The lowest BCUT2D eigenvalue weighted by Crippen LogP contribution is -2.46. The van der Waals surface area contributed by atoms with Gasteiger partial charge >= 0.3 is 5.97 Å². The predicted octanol–water partition coefficient (Wildman–Crippen LogP) is -0.0151. The van der Waals surface area contributed by atoms with Gasteiger partial charge in [0.15, 0.2) is 0 Å². The van der Waals surface area contributed by atoms with Crippen LogP contribution in [-0.2, 0) is 9.59 Å². The SMILES string of the molecule is CC(=O)NC1(C(=O)O)CC1(F)F. The summed E-state index contributed by atoms with van der Waals surface area (Å²) in [6, 6.07) is 0. The Labute approximate surface area is 66.6 Å². The average Bonchev–Trinajstić information content (AvgIpc) is 2.33. The van der Waals surface area contributed by atoms with Crippen LogP contribution in [-0.4, -0.2) is 28.4 Å². The second-order valence-electron chi connectivity index (χ2n) is 2.77. The molecule has 4 nitrogen and oxygen atoms in total. The van der Waals surface area contributed by atoms with Crippen molar-refractivity contribution in [2.45, 2.75) is 24.8 Å². The van der Waals surface area contributed by atoms with Crippen LogP contribution in [0, 0.1) is 0 Å². The number of aliphatic carboxylic acids is 1. The normalized spacial score (nSPS) is 30.9. The van der Waals surface area contributed by atoms with Crippen molar-refractivity contribution >= 4 is 11.9 Å². The summed E-state index contributed by atoms with van der Waals surface area (Å²) in [6.45, 7) is 0.999. The van der Waals surface area contributed by atoms with E-state index in [1.54, 1.807) is 5.32 Å². The van der Waals surface area contributed by atoms with Crippen molar-refractivity contribution in [1.29, 1.82) is 0 Å². The first-order valence-corrected chi connectivity index (χ1v) is 3.22. The summed E-state index contributed by atoms with van der Waals surface area (Å²) in [5.74, 6) is -5.78. The summed E-state index contributed by atoms with van der Waals surface area (Å²) >= 11 is 0. The smallest absolute Gasteiger partial charge is 0.336 e. The Morgan fingerprint density at radius 1 is 1.50 bits per heavy atom. The molecule has 0 bridgehead atoms. The Balaban J connectivity index is 2.80. The Bertz CT molecular complexity index is 253. The highest BCUT2D eigenvalue weighted by molar-refractivity contribution is 5.90. The van der Waals surface area contributed by atoms with E-state index >= 15 is 0 Å². The number of nitrogens with one attached hydrogen (secondary N) is 1. The molecule has 1 fully saturated rings. The van der Waals surface area contributed by atoms with Gasteiger partial charge in [0.2, 0.25) is 11.4 Å². The molecule has 0 aromatic heterocycles. The van der Waals surface area contributed by atoms with E-state index in [0.717, 1.165) is 6.92 Å². The summed E-state index contributed by atoms with van der Waals surface area (Å²) in [7, 11) is 0. The molecule has 1 saturated carbocycles. The van der Waals surface area contributed by atoms with Gasteiger partial charge in [0.05, 0.1) is 6.42 Å². The molecule has 12 heavy (non-hydrogen) atoms. The standard InChI is InChI=1S/C6H7F2NO3/c1-3(10)9-5(4(11)12)2-6(5,7)8/h2H2,1H3,(H,9,10)(H,11,12). The molecule has 6 heteroatoms. The molecule has 2 N–H and O–H groups in total. The molecule has 68 valence electrons. The first-order valence-electron chi connectivity index (χ1n) is 3.22. The van der Waals surface area contributed by atoms with Gasteiger partial charge in [-0.25, -0.2) is 13.6 Å². The molecular formula is C6H7F2NO3. The Morgan fingerprint density at radius 3 is 2.00 bits per heavy atom. The molecule has 0 aromatic rings. The maximum Gasteiger partial charge on any atom is 0.336 e. The molecule has 0 aromatic carbocycles. The number of carboxylic acid groups (broad SMARTS) is 1. The second kappa shape index (κ2) is 2.15. The van der Waals surface area contributed by atoms with Gasteiger partial charge in [-0.15, -0.1) is 0 Å². The second-order valence-corrected chi connectivity index (χ2v) is 2.77. The molecule has 1 unspecified atom stereocenters. The highest BCUT2D eigenvalue weighted by atomic mass is 19.3. The fourth-order valence-electron chi connectivity index (χ4n) is 1.01. The van der Waals surface area contributed by atoms with Crippen molar-refractivity contribution in [3.8, 4) is 0 Å². The Kier molecular flexibility index (Phi) is 1.59. The minimum atomic E-state index is -3.31. The zero-order valence-electron chi connectivity index (χ0n) is 6.23. The van der Waals surface area contributed by atoms with Gasteiger partial charge in [-0.05, 0) is 0 Å². The molecule has 0 spiro atoms.